The molecule has 0 amide bonds. The van der Waals surface area contributed by atoms with Gasteiger partial charge in [-0.05, 0) is 52.2 Å². The van der Waals surface area contributed by atoms with E-state index >= 15 is 0 Å². The SMILES string of the molecule is Cc1noc(NS(=O)(=O)c2ccsc2C(C)Cc2ccccc2)c1Br. The van der Waals surface area contributed by atoms with Crippen LogP contribution in [0.4, 0.5) is 5.88 Å². The van der Waals surface area contributed by atoms with Gasteiger partial charge in [0, 0.05) is 4.88 Å². The highest BCUT2D eigenvalue weighted by atomic mass is 79.9. The molecular weight excluding hydrogens is 424 g/mol. The molecule has 1 unspecified atom stereocenters. The van der Waals surface area contributed by atoms with Crippen LogP contribution in [0, 0.1) is 6.92 Å². The number of hydrogen-bond acceptors (Lipinski definition) is 5. The number of nitrogens with one attached hydrogen (secondary N) is 1. The van der Waals surface area contributed by atoms with E-state index in [1.54, 1.807) is 18.4 Å². The van der Waals surface area contributed by atoms with Gasteiger partial charge in [0.05, 0.1) is 5.69 Å². The Balaban J connectivity index is 1.86. The molecule has 5 nitrogen and oxygen atoms in total. The molecule has 3 rings (SSSR count). The molecule has 2 heterocycles. The van der Waals surface area contributed by atoms with E-state index < -0.39 is 10.0 Å². The molecule has 3 aromatic rings. The number of sulfonamides is 1. The third kappa shape index (κ3) is 3.96. The van der Waals surface area contributed by atoms with Crippen molar-refractivity contribution in [2.45, 2.75) is 31.1 Å². The maximum absolute atomic E-state index is 12.8. The van der Waals surface area contributed by atoms with Crippen LogP contribution in [-0.2, 0) is 16.4 Å². The fourth-order valence-corrected chi connectivity index (χ4v) is 5.54. The third-order valence-electron chi connectivity index (χ3n) is 3.80. The highest BCUT2D eigenvalue weighted by molar-refractivity contribution is 9.10. The topological polar surface area (TPSA) is 72.2 Å². The first kappa shape index (κ1) is 18.2. The summed E-state index contributed by atoms with van der Waals surface area (Å²) in [7, 11) is -3.75. The van der Waals surface area contributed by atoms with E-state index in [1.807, 2.05) is 37.3 Å². The van der Waals surface area contributed by atoms with Crippen molar-refractivity contribution in [1.29, 1.82) is 0 Å². The van der Waals surface area contributed by atoms with Crippen LogP contribution in [0.15, 0.2) is 55.7 Å². The molecule has 0 saturated carbocycles. The van der Waals surface area contributed by atoms with Crippen LogP contribution in [0.2, 0.25) is 0 Å². The quantitative estimate of drug-likeness (QED) is 0.587. The van der Waals surface area contributed by atoms with E-state index in [-0.39, 0.29) is 16.7 Å². The minimum Gasteiger partial charge on any atom is -0.336 e. The summed E-state index contributed by atoms with van der Waals surface area (Å²) in [5, 5.41) is 5.55. The van der Waals surface area contributed by atoms with Crippen molar-refractivity contribution in [3.63, 3.8) is 0 Å². The zero-order chi connectivity index (χ0) is 18.0. The first-order chi connectivity index (χ1) is 11.9. The summed E-state index contributed by atoms with van der Waals surface area (Å²) in [6.07, 6.45) is 0.773. The van der Waals surface area contributed by atoms with E-state index in [9.17, 15) is 8.42 Å². The fourth-order valence-electron chi connectivity index (χ4n) is 2.55. The number of hydrogen-bond donors (Lipinski definition) is 1. The Morgan fingerprint density at radius 1 is 1.28 bits per heavy atom. The summed E-state index contributed by atoms with van der Waals surface area (Å²) in [4.78, 5) is 1.10. The minimum atomic E-state index is -3.75. The molecule has 2 aromatic heterocycles. The summed E-state index contributed by atoms with van der Waals surface area (Å²) in [5.41, 5.74) is 1.76. The van der Waals surface area contributed by atoms with Gasteiger partial charge in [0.1, 0.15) is 9.37 Å². The Morgan fingerprint density at radius 3 is 2.64 bits per heavy atom. The van der Waals surface area contributed by atoms with E-state index in [2.05, 4.69) is 25.8 Å². The molecule has 0 saturated heterocycles. The summed E-state index contributed by atoms with van der Waals surface area (Å²) < 4.78 is 33.6. The predicted molar refractivity (Wildman–Crippen MR) is 103 cm³/mol. The van der Waals surface area contributed by atoms with Crippen LogP contribution in [-0.4, -0.2) is 13.6 Å². The standard InChI is InChI=1S/C17H17BrN2O3S2/c1-11(10-13-6-4-3-5-7-13)16-14(8-9-24-16)25(21,22)20-17-15(18)12(2)19-23-17/h3-9,11,20H,10H2,1-2H3. The first-order valence-electron chi connectivity index (χ1n) is 7.64. The monoisotopic (exact) mass is 440 g/mol. The van der Waals surface area contributed by atoms with Gasteiger partial charge in [-0.3, -0.25) is 0 Å². The van der Waals surface area contributed by atoms with Gasteiger partial charge in [-0.15, -0.1) is 11.3 Å². The van der Waals surface area contributed by atoms with Crippen LogP contribution < -0.4 is 4.72 Å². The minimum absolute atomic E-state index is 0.0777. The molecule has 8 heteroatoms. The molecular formula is C17H17BrN2O3S2. The number of nitrogens with zero attached hydrogens (tertiary/aromatic N) is 1. The van der Waals surface area contributed by atoms with Crippen molar-refractivity contribution in [3.05, 3.63) is 62.4 Å². The van der Waals surface area contributed by atoms with Crippen LogP contribution in [0.5, 0.6) is 0 Å². The molecule has 1 atom stereocenters. The number of aryl methyl sites for hydroxylation is 1. The van der Waals surface area contributed by atoms with Gasteiger partial charge >= 0.3 is 0 Å². The average molecular weight is 441 g/mol. The molecule has 25 heavy (non-hydrogen) atoms. The van der Waals surface area contributed by atoms with Crippen molar-refractivity contribution in [2.24, 2.45) is 0 Å². The fraction of sp³-hybridized carbons (Fsp3) is 0.235. The lowest BCUT2D eigenvalue weighted by molar-refractivity contribution is 0.430. The largest absolute Gasteiger partial charge is 0.336 e. The Hall–Kier alpha value is -1.64. The molecule has 0 aliphatic heterocycles. The molecule has 132 valence electrons. The summed E-state index contributed by atoms with van der Waals surface area (Å²) in [5.74, 6) is 0.166. The summed E-state index contributed by atoms with van der Waals surface area (Å²) >= 11 is 4.72. The van der Waals surface area contributed by atoms with Gasteiger partial charge in [0.25, 0.3) is 15.9 Å². The zero-order valence-corrected chi connectivity index (χ0v) is 16.9. The normalized spacial score (nSPS) is 12.9. The van der Waals surface area contributed by atoms with Crippen molar-refractivity contribution < 1.29 is 12.9 Å². The molecule has 0 aliphatic rings. The number of halogens is 1. The van der Waals surface area contributed by atoms with Gasteiger partial charge in [-0.1, -0.05) is 42.4 Å². The van der Waals surface area contributed by atoms with Crippen molar-refractivity contribution in [3.8, 4) is 0 Å². The second-order valence-corrected chi connectivity index (χ2v) is 9.15. The van der Waals surface area contributed by atoms with Crippen LogP contribution in [0.1, 0.15) is 29.0 Å². The summed E-state index contributed by atoms with van der Waals surface area (Å²) in [6, 6.07) is 11.7. The number of thiophene rings is 1. The van der Waals surface area contributed by atoms with Crippen LogP contribution in [0.25, 0.3) is 0 Å². The summed E-state index contributed by atoms with van der Waals surface area (Å²) in [6.45, 7) is 3.76. The maximum atomic E-state index is 12.8. The molecule has 0 spiro atoms. The Labute approximate surface area is 159 Å². The Bertz CT molecular complexity index is 965. The number of benzene rings is 1. The average Bonchev–Trinajstić information content (AvgIpc) is 3.19. The van der Waals surface area contributed by atoms with Gasteiger partial charge < -0.3 is 4.52 Å². The van der Waals surface area contributed by atoms with Crippen molar-refractivity contribution in [1.82, 2.24) is 5.16 Å². The van der Waals surface area contributed by atoms with E-state index in [4.69, 9.17) is 4.52 Å². The number of aromatic nitrogens is 1. The number of rotatable bonds is 6. The molecule has 0 bridgehead atoms. The van der Waals surface area contributed by atoms with Crippen molar-refractivity contribution in [2.75, 3.05) is 4.72 Å². The van der Waals surface area contributed by atoms with E-state index in [0.717, 1.165) is 11.3 Å². The third-order valence-corrected chi connectivity index (χ3v) is 7.40. The van der Waals surface area contributed by atoms with Crippen LogP contribution in [0.3, 0.4) is 0 Å². The van der Waals surface area contributed by atoms with Gasteiger partial charge in [0.2, 0.25) is 0 Å². The lowest BCUT2D eigenvalue weighted by atomic mass is 10.00. The van der Waals surface area contributed by atoms with E-state index in [1.165, 1.54) is 16.9 Å². The lowest BCUT2D eigenvalue weighted by Gasteiger charge is -2.13. The molecule has 0 aliphatic carbocycles. The Morgan fingerprint density at radius 2 is 2.00 bits per heavy atom. The second-order valence-electron chi connectivity index (χ2n) is 5.76. The Kier molecular flexibility index (Phi) is 5.31. The zero-order valence-electron chi connectivity index (χ0n) is 13.7. The molecule has 0 fully saturated rings. The molecule has 1 aromatic carbocycles. The van der Waals surface area contributed by atoms with E-state index in [0.29, 0.717) is 10.2 Å². The number of anilines is 1. The maximum Gasteiger partial charge on any atom is 0.265 e. The smallest absolute Gasteiger partial charge is 0.265 e. The second kappa shape index (κ2) is 7.31. The van der Waals surface area contributed by atoms with Crippen molar-refractivity contribution >= 4 is 43.2 Å². The highest BCUT2D eigenvalue weighted by Crippen LogP contribution is 2.34. The predicted octanol–water partition coefficient (Wildman–Crippen LogP) is 4.95. The van der Waals surface area contributed by atoms with Gasteiger partial charge in [-0.2, -0.15) is 0 Å². The first-order valence-corrected chi connectivity index (χ1v) is 10.8. The highest BCUT2D eigenvalue weighted by Gasteiger charge is 2.26. The van der Waals surface area contributed by atoms with Gasteiger partial charge in [0.15, 0.2) is 0 Å². The molecule has 1 N–H and O–H groups in total. The molecule has 0 radical (unpaired) electrons. The van der Waals surface area contributed by atoms with Crippen LogP contribution >= 0.6 is 27.3 Å². The van der Waals surface area contributed by atoms with Gasteiger partial charge in [-0.25, -0.2) is 13.1 Å². The lowest BCUT2D eigenvalue weighted by Crippen LogP contribution is -2.14.